The van der Waals surface area contributed by atoms with Gasteiger partial charge < -0.3 is 10.8 Å². The molecule has 2 unspecified atom stereocenters. The van der Waals surface area contributed by atoms with E-state index < -0.39 is 5.54 Å². The highest BCUT2D eigenvalue weighted by atomic mass is 19.1. The van der Waals surface area contributed by atoms with Gasteiger partial charge >= 0.3 is 0 Å². The van der Waals surface area contributed by atoms with Gasteiger partial charge in [0.15, 0.2) is 0 Å². The summed E-state index contributed by atoms with van der Waals surface area (Å²) < 4.78 is 12.6. The zero-order chi connectivity index (χ0) is 10.8. The normalized spacial score (nSPS) is 17.5. The van der Waals surface area contributed by atoms with Crippen LogP contribution in [0.2, 0.25) is 0 Å². The topological polar surface area (TPSA) is 46.2 Å². The number of hydrogen-bond donors (Lipinski definition) is 2. The molecule has 78 valence electrons. The van der Waals surface area contributed by atoms with Gasteiger partial charge in [0.05, 0.1) is 6.61 Å². The molecule has 0 heterocycles. The van der Waals surface area contributed by atoms with Gasteiger partial charge in [-0.1, -0.05) is 19.1 Å². The lowest BCUT2D eigenvalue weighted by Crippen LogP contribution is -2.45. The second-order valence-corrected chi connectivity index (χ2v) is 3.94. The molecule has 0 aliphatic rings. The second kappa shape index (κ2) is 4.07. The molecule has 0 radical (unpaired) electrons. The minimum atomic E-state index is -0.669. The van der Waals surface area contributed by atoms with Gasteiger partial charge in [-0.3, -0.25) is 0 Å². The van der Waals surface area contributed by atoms with Crippen LogP contribution in [0.25, 0.3) is 0 Å². The maximum absolute atomic E-state index is 12.6. The minimum absolute atomic E-state index is 0.00639. The van der Waals surface area contributed by atoms with Gasteiger partial charge in [-0.05, 0) is 24.6 Å². The number of hydrogen-bond acceptors (Lipinski definition) is 2. The first-order valence-electron chi connectivity index (χ1n) is 4.62. The Morgan fingerprint density at radius 3 is 2.36 bits per heavy atom. The number of benzene rings is 1. The van der Waals surface area contributed by atoms with Crippen LogP contribution in [0.3, 0.4) is 0 Å². The smallest absolute Gasteiger partial charge is 0.123 e. The summed E-state index contributed by atoms with van der Waals surface area (Å²) in [6, 6.07) is 6.19. The Bertz CT molecular complexity index is 295. The number of rotatable bonds is 3. The van der Waals surface area contributed by atoms with E-state index in [0.29, 0.717) is 0 Å². The SMILES string of the molecule is CC(c1ccc(F)cc1)C(C)(N)CO. The van der Waals surface area contributed by atoms with E-state index in [2.05, 4.69) is 0 Å². The average molecular weight is 197 g/mol. The van der Waals surface area contributed by atoms with Crippen molar-refractivity contribution < 1.29 is 9.50 Å². The van der Waals surface area contributed by atoms with Crippen molar-refractivity contribution in [3.8, 4) is 0 Å². The van der Waals surface area contributed by atoms with Crippen molar-refractivity contribution in [3.05, 3.63) is 35.6 Å². The number of halogens is 1. The molecule has 3 N–H and O–H groups in total. The maximum atomic E-state index is 12.6. The third-order valence-electron chi connectivity index (χ3n) is 2.70. The molecule has 0 aromatic heterocycles. The van der Waals surface area contributed by atoms with Gasteiger partial charge in [0.2, 0.25) is 0 Å². The summed E-state index contributed by atoms with van der Waals surface area (Å²) in [5.41, 5.74) is 6.15. The van der Waals surface area contributed by atoms with Gasteiger partial charge in [0.25, 0.3) is 0 Å². The Morgan fingerprint density at radius 1 is 1.43 bits per heavy atom. The first kappa shape index (κ1) is 11.1. The van der Waals surface area contributed by atoms with Crippen molar-refractivity contribution in [1.82, 2.24) is 0 Å². The molecule has 0 aliphatic heterocycles. The molecule has 0 saturated heterocycles. The predicted molar refractivity (Wildman–Crippen MR) is 54.5 cm³/mol. The lowest BCUT2D eigenvalue weighted by atomic mass is 9.83. The molecule has 0 spiro atoms. The Hall–Kier alpha value is -0.930. The first-order valence-corrected chi connectivity index (χ1v) is 4.62. The van der Waals surface area contributed by atoms with Gasteiger partial charge in [-0.2, -0.15) is 0 Å². The molecule has 0 bridgehead atoms. The van der Waals surface area contributed by atoms with Crippen molar-refractivity contribution in [2.45, 2.75) is 25.3 Å². The lowest BCUT2D eigenvalue weighted by Gasteiger charge is -2.29. The van der Waals surface area contributed by atoms with E-state index >= 15 is 0 Å². The number of aliphatic hydroxyl groups is 1. The van der Waals surface area contributed by atoms with Crippen molar-refractivity contribution >= 4 is 0 Å². The van der Waals surface area contributed by atoms with Crippen LogP contribution in [-0.4, -0.2) is 17.3 Å². The van der Waals surface area contributed by atoms with Crippen LogP contribution in [0.4, 0.5) is 4.39 Å². The standard InChI is InChI=1S/C11H16FNO/c1-8(11(2,13)7-14)9-3-5-10(12)6-4-9/h3-6,8,14H,7,13H2,1-2H3. The predicted octanol–water partition coefficient (Wildman–Crippen LogP) is 1.64. The fraction of sp³-hybridized carbons (Fsp3) is 0.455. The average Bonchev–Trinajstić information content (AvgIpc) is 2.18. The van der Waals surface area contributed by atoms with Crippen LogP contribution in [0.15, 0.2) is 24.3 Å². The highest BCUT2D eigenvalue weighted by Crippen LogP contribution is 2.25. The van der Waals surface area contributed by atoms with E-state index in [-0.39, 0.29) is 18.3 Å². The second-order valence-electron chi connectivity index (χ2n) is 3.94. The van der Waals surface area contributed by atoms with Gasteiger partial charge in [-0.15, -0.1) is 0 Å². The number of nitrogens with two attached hydrogens (primary N) is 1. The van der Waals surface area contributed by atoms with Crippen LogP contribution in [-0.2, 0) is 0 Å². The number of aliphatic hydroxyl groups excluding tert-OH is 1. The van der Waals surface area contributed by atoms with Crippen molar-refractivity contribution in [2.24, 2.45) is 5.73 Å². The molecule has 14 heavy (non-hydrogen) atoms. The largest absolute Gasteiger partial charge is 0.394 e. The summed E-state index contributed by atoms with van der Waals surface area (Å²) in [7, 11) is 0. The van der Waals surface area contributed by atoms with Crippen molar-refractivity contribution in [3.63, 3.8) is 0 Å². The van der Waals surface area contributed by atoms with Gasteiger partial charge in [0.1, 0.15) is 5.82 Å². The molecule has 2 atom stereocenters. The molecule has 2 nitrogen and oxygen atoms in total. The molecule has 3 heteroatoms. The molecule has 0 aliphatic carbocycles. The third kappa shape index (κ3) is 2.30. The highest BCUT2D eigenvalue weighted by Gasteiger charge is 2.26. The Morgan fingerprint density at radius 2 is 1.93 bits per heavy atom. The Balaban J connectivity index is 2.89. The molecule has 0 saturated carbocycles. The van der Waals surface area contributed by atoms with Gasteiger partial charge in [-0.25, -0.2) is 4.39 Å². The minimum Gasteiger partial charge on any atom is -0.394 e. The van der Waals surface area contributed by atoms with Crippen LogP contribution >= 0.6 is 0 Å². The third-order valence-corrected chi connectivity index (χ3v) is 2.70. The van der Waals surface area contributed by atoms with Crippen molar-refractivity contribution in [2.75, 3.05) is 6.61 Å². The summed E-state index contributed by atoms with van der Waals surface area (Å²) in [6.07, 6.45) is 0. The molecule has 1 aromatic carbocycles. The van der Waals surface area contributed by atoms with E-state index in [1.54, 1.807) is 19.1 Å². The van der Waals surface area contributed by atoms with Crippen LogP contribution < -0.4 is 5.73 Å². The lowest BCUT2D eigenvalue weighted by molar-refractivity contribution is 0.189. The fourth-order valence-electron chi connectivity index (χ4n) is 1.27. The van der Waals surface area contributed by atoms with Gasteiger partial charge in [0, 0.05) is 11.5 Å². The maximum Gasteiger partial charge on any atom is 0.123 e. The summed E-state index contributed by atoms with van der Waals surface area (Å²) in [5.74, 6) is -0.267. The quantitative estimate of drug-likeness (QED) is 0.773. The van der Waals surface area contributed by atoms with E-state index in [9.17, 15) is 4.39 Å². The molecule has 0 fully saturated rings. The first-order chi connectivity index (χ1) is 6.47. The zero-order valence-corrected chi connectivity index (χ0v) is 8.50. The fourth-order valence-corrected chi connectivity index (χ4v) is 1.27. The van der Waals surface area contributed by atoms with Crippen molar-refractivity contribution in [1.29, 1.82) is 0 Å². The molecule has 1 rings (SSSR count). The Kier molecular flexibility index (Phi) is 3.24. The molecular weight excluding hydrogens is 181 g/mol. The van der Waals surface area contributed by atoms with E-state index in [0.717, 1.165) is 5.56 Å². The van der Waals surface area contributed by atoms with E-state index in [4.69, 9.17) is 10.8 Å². The summed E-state index contributed by atoms with van der Waals surface area (Å²) in [6.45, 7) is 3.61. The van der Waals surface area contributed by atoms with Crippen LogP contribution in [0, 0.1) is 5.82 Å². The van der Waals surface area contributed by atoms with Crippen LogP contribution in [0.1, 0.15) is 25.3 Å². The summed E-state index contributed by atoms with van der Waals surface area (Å²) in [4.78, 5) is 0. The van der Waals surface area contributed by atoms with E-state index in [1.165, 1.54) is 12.1 Å². The van der Waals surface area contributed by atoms with E-state index in [1.807, 2.05) is 6.92 Å². The molecule has 1 aromatic rings. The highest BCUT2D eigenvalue weighted by molar-refractivity contribution is 5.23. The monoisotopic (exact) mass is 197 g/mol. The zero-order valence-electron chi connectivity index (χ0n) is 8.50. The summed E-state index contributed by atoms with van der Waals surface area (Å²) >= 11 is 0. The summed E-state index contributed by atoms with van der Waals surface area (Å²) in [5, 5.41) is 9.08. The molecular formula is C11H16FNO. The Labute approximate surface area is 83.6 Å². The molecule has 0 amide bonds. The van der Waals surface area contributed by atoms with Crippen LogP contribution in [0.5, 0.6) is 0 Å².